The molecular formula is C18H28N2. The Morgan fingerprint density at radius 3 is 2.30 bits per heavy atom. The molecule has 0 spiro atoms. The Bertz CT molecular complexity index is 391. The number of nitrogens with zero attached hydrogens (tertiary/aromatic N) is 2. The molecule has 2 saturated heterocycles. The van der Waals surface area contributed by atoms with Crippen molar-refractivity contribution in [2.45, 2.75) is 39.0 Å². The fraction of sp³-hybridized carbons (Fsp3) is 0.778. The van der Waals surface area contributed by atoms with E-state index < -0.39 is 0 Å². The van der Waals surface area contributed by atoms with E-state index in [4.69, 9.17) is 0 Å². The third-order valence-electron chi connectivity index (χ3n) is 4.73. The van der Waals surface area contributed by atoms with E-state index in [1.165, 1.54) is 58.3 Å². The second-order valence-electron chi connectivity index (χ2n) is 6.28. The smallest absolute Gasteiger partial charge is 0.0611 e. The number of piperidine rings is 2. The van der Waals surface area contributed by atoms with Crippen molar-refractivity contribution < 1.29 is 0 Å². The molecule has 0 saturated carbocycles. The Balaban J connectivity index is 1.65. The van der Waals surface area contributed by atoms with Crippen molar-refractivity contribution in [3.63, 3.8) is 0 Å². The van der Waals surface area contributed by atoms with E-state index in [9.17, 15) is 0 Å². The molecular weight excluding hydrogens is 244 g/mol. The summed E-state index contributed by atoms with van der Waals surface area (Å²) < 4.78 is 0. The molecule has 0 aromatic heterocycles. The first-order valence-electron chi connectivity index (χ1n) is 8.17. The molecule has 0 N–H and O–H groups in total. The summed E-state index contributed by atoms with van der Waals surface area (Å²) in [5.74, 6) is 14.2. The van der Waals surface area contributed by atoms with Crippen molar-refractivity contribution in [2.24, 2.45) is 11.8 Å². The van der Waals surface area contributed by atoms with Crippen LogP contribution in [0, 0.1) is 35.5 Å². The van der Waals surface area contributed by atoms with Gasteiger partial charge in [-0.3, -0.25) is 4.90 Å². The van der Waals surface area contributed by atoms with Gasteiger partial charge in [0.15, 0.2) is 0 Å². The molecule has 0 aliphatic carbocycles. The molecule has 0 aromatic carbocycles. The maximum absolute atomic E-state index is 3.33. The van der Waals surface area contributed by atoms with Crippen molar-refractivity contribution >= 4 is 0 Å². The highest BCUT2D eigenvalue weighted by molar-refractivity contribution is 5.27. The molecule has 0 radical (unpaired) electrons. The maximum atomic E-state index is 3.33. The first kappa shape index (κ1) is 15.4. The molecule has 2 nitrogen and oxygen atoms in total. The van der Waals surface area contributed by atoms with Gasteiger partial charge in [0.05, 0.1) is 6.54 Å². The normalized spacial score (nSPS) is 22.7. The zero-order chi connectivity index (χ0) is 14.2. The second kappa shape index (κ2) is 8.35. The van der Waals surface area contributed by atoms with E-state index >= 15 is 0 Å². The number of hydrogen-bond donors (Lipinski definition) is 0. The number of rotatable bonds is 2. The van der Waals surface area contributed by atoms with Gasteiger partial charge in [-0.2, -0.15) is 0 Å². The van der Waals surface area contributed by atoms with E-state index in [1.54, 1.807) is 0 Å². The SMILES string of the molecule is CCC1CCN(CC#CC#CC2CCN(C)CC2)CC1. The minimum atomic E-state index is 0.570. The van der Waals surface area contributed by atoms with Crippen LogP contribution in [0.25, 0.3) is 0 Å². The molecule has 0 aromatic rings. The third kappa shape index (κ3) is 5.20. The van der Waals surface area contributed by atoms with Gasteiger partial charge < -0.3 is 4.90 Å². The van der Waals surface area contributed by atoms with Crippen molar-refractivity contribution in [3.05, 3.63) is 0 Å². The van der Waals surface area contributed by atoms with Gasteiger partial charge in [-0.1, -0.05) is 25.2 Å². The number of hydrogen-bond acceptors (Lipinski definition) is 2. The summed E-state index contributed by atoms with van der Waals surface area (Å²) in [6.45, 7) is 8.00. The highest BCUT2D eigenvalue weighted by atomic mass is 15.1. The Kier molecular flexibility index (Phi) is 6.44. The van der Waals surface area contributed by atoms with Gasteiger partial charge in [-0.15, -0.1) is 0 Å². The van der Waals surface area contributed by atoms with Crippen LogP contribution in [-0.4, -0.2) is 49.6 Å². The van der Waals surface area contributed by atoms with E-state index in [2.05, 4.69) is 47.5 Å². The van der Waals surface area contributed by atoms with Gasteiger partial charge in [-0.25, -0.2) is 0 Å². The standard InChI is InChI=1S/C18H28N2/c1-3-17-10-15-20(16-11-17)12-6-4-5-7-18-8-13-19(2)14-9-18/h17-18H,3,8-16H2,1-2H3. The van der Waals surface area contributed by atoms with Crippen LogP contribution >= 0.6 is 0 Å². The lowest BCUT2D eigenvalue weighted by Crippen LogP contribution is -2.33. The van der Waals surface area contributed by atoms with Crippen LogP contribution in [0.2, 0.25) is 0 Å². The van der Waals surface area contributed by atoms with Gasteiger partial charge in [0.1, 0.15) is 0 Å². The summed E-state index contributed by atoms with van der Waals surface area (Å²) in [4.78, 5) is 4.85. The summed E-state index contributed by atoms with van der Waals surface area (Å²) in [5, 5.41) is 0. The first-order valence-corrected chi connectivity index (χ1v) is 8.17. The lowest BCUT2D eigenvalue weighted by Gasteiger charge is -2.29. The average molecular weight is 272 g/mol. The van der Waals surface area contributed by atoms with Crippen LogP contribution in [0.15, 0.2) is 0 Å². The Hall–Kier alpha value is -0.960. The third-order valence-corrected chi connectivity index (χ3v) is 4.73. The highest BCUT2D eigenvalue weighted by Crippen LogP contribution is 2.19. The summed E-state index contributed by atoms with van der Waals surface area (Å²) in [6.07, 6.45) is 6.44. The predicted octanol–water partition coefficient (Wildman–Crippen LogP) is 2.46. The van der Waals surface area contributed by atoms with Crippen LogP contribution in [-0.2, 0) is 0 Å². The van der Waals surface area contributed by atoms with Gasteiger partial charge in [0, 0.05) is 5.92 Å². The molecule has 2 rings (SSSR count). The molecule has 2 fully saturated rings. The van der Waals surface area contributed by atoms with Crippen LogP contribution in [0.3, 0.4) is 0 Å². The van der Waals surface area contributed by atoms with E-state index in [1.807, 2.05) is 0 Å². The molecule has 20 heavy (non-hydrogen) atoms. The summed E-state index contributed by atoms with van der Waals surface area (Å²) in [6, 6.07) is 0. The molecule has 0 amide bonds. The lowest BCUT2D eigenvalue weighted by molar-refractivity contribution is 0.200. The van der Waals surface area contributed by atoms with E-state index in [-0.39, 0.29) is 0 Å². The molecule has 0 bridgehead atoms. The van der Waals surface area contributed by atoms with Gasteiger partial charge in [0.2, 0.25) is 0 Å². The summed E-state index contributed by atoms with van der Waals surface area (Å²) in [7, 11) is 2.19. The monoisotopic (exact) mass is 272 g/mol. The van der Waals surface area contributed by atoms with Crippen LogP contribution in [0.5, 0.6) is 0 Å². The molecule has 110 valence electrons. The van der Waals surface area contributed by atoms with Crippen LogP contribution in [0.4, 0.5) is 0 Å². The Morgan fingerprint density at radius 1 is 0.950 bits per heavy atom. The highest BCUT2D eigenvalue weighted by Gasteiger charge is 2.16. The van der Waals surface area contributed by atoms with Gasteiger partial charge >= 0.3 is 0 Å². The average Bonchev–Trinajstić information content (AvgIpc) is 2.49. The minimum Gasteiger partial charge on any atom is -0.306 e. The Morgan fingerprint density at radius 2 is 1.65 bits per heavy atom. The first-order chi connectivity index (χ1) is 9.78. The van der Waals surface area contributed by atoms with Crippen molar-refractivity contribution in [3.8, 4) is 23.7 Å². The second-order valence-corrected chi connectivity index (χ2v) is 6.28. The van der Waals surface area contributed by atoms with E-state index in [0.717, 1.165) is 12.5 Å². The minimum absolute atomic E-state index is 0.570. The zero-order valence-corrected chi connectivity index (χ0v) is 13.1. The predicted molar refractivity (Wildman–Crippen MR) is 85.2 cm³/mol. The zero-order valence-electron chi connectivity index (χ0n) is 13.1. The van der Waals surface area contributed by atoms with Gasteiger partial charge in [0.25, 0.3) is 0 Å². The Labute approximate surface area is 124 Å². The van der Waals surface area contributed by atoms with Crippen molar-refractivity contribution in [1.82, 2.24) is 9.80 Å². The van der Waals surface area contributed by atoms with Crippen molar-refractivity contribution in [2.75, 3.05) is 39.8 Å². The molecule has 0 atom stereocenters. The number of likely N-dealkylation sites (tertiary alicyclic amines) is 2. The fourth-order valence-corrected chi connectivity index (χ4v) is 3.04. The molecule has 2 aliphatic heterocycles. The molecule has 2 heterocycles. The maximum Gasteiger partial charge on any atom is 0.0611 e. The molecule has 2 heteroatoms. The lowest BCUT2D eigenvalue weighted by atomic mass is 9.94. The molecule has 2 aliphatic rings. The van der Waals surface area contributed by atoms with Crippen LogP contribution < -0.4 is 0 Å². The topological polar surface area (TPSA) is 6.48 Å². The fourth-order valence-electron chi connectivity index (χ4n) is 3.04. The van der Waals surface area contributed by atoms with Crippen molar-refractivity contribution in [1.29, 1.82) is 0 Å². The van der Waals surface area contributed by atoms with E-state index in [0.29, 0.717) is 5.92 Å². The molecule has 0 unspecified atom stereocenters. The summed E-state index contributed by atoms with van der Waals surface area (Å²) >= 11 is 0. The van der Waals surface area contributed by atoms with Gasteiger partial charge in [-0.05, 0) is 76.7 Å². The largest absolute Gasteiger partial charge is 0.306 e. The quantitative estimate of drug-likeness (QED) is 0.713. The summed E-state index contributed by atoms with van der Waals surface area (Å²) in [5.41, 5.74) is 0. The van der Waals surface area contributed by atoms with Crippen LogP contribution in [0.1, 0.15) is 39.0 Å².